The van der Waals surface area contributed by atoms with Gasteiger partial charge in [0.25, 0.3) is 0 Å². The number of carboxylic acids is 1. The van der Waals surface area contributed by atoms with E-state index in [-0.39, 0.29) is 18.2 Å². The molecule has 0 radical (unpaired) electrons. The molecule has 23 heavy (non-hydrogen) atoms. The van der Waals surface area contributed by atoms with E-state index < -0.39 is 24.0 Å². The van der Waals surface area contributed by atoms with Gasteiger partial charge in [0.2, 0.25) is 5.91 Å². The van der Waals surface area contributed by atoms with Crippen LogP contribution in [-0.2, 0) is 16.0 Å². The summed E-state index contributed by atoms with van der Waals surface area (Å²) in [6, 6.07) is 4.50. The van der Waals surface area contributed by atoms with Gasteiger partial charge in [-0.15, -0.1) is 0 Å². The summed E-state index contributed by atoms with van der Waals surface area (Å²) in [5, 5.41) is 11.7. The maximum absolute atomic E-state index is 13.1. The standard InChI is InChI=1S/C17H25FN2O3/c1-11(2)9-14(19)16(21)20-15(17(22)23)8-4-6-12-5-3-7-13(18)10-12/h3,5,7,10-11,14-15H,4,6,8-9,19H2,1-2H3,(H,20,21)(H,22,23)/t14-,15?/m0/s1. The van der Waals surface area contributed by atoms with Crippen molar-refractivity contribution in [1.29, 1.82) is 0 Å². The second-order valence-electron chi connectivity index (χ2n) is 6.16. The number of halogens is 1. The Hall–Kier alpha value is -1.95. The molecule has 0 saturated carbocycles. The number of aliphatic carboxylic acids is 1. The van der Waals surface area contributed by atoms with Crippen LogP contribution in [0.3, 0.4) is 0 Å². The van der Waals surface area contributed by atoms with E-state index in [0.717, 1.165) is 5.56 Å². The molecule has 0 aromatic heterocycles. The first-order valence-corrected chi connectivity index (χ1v) is 7.82. The molecule has 0 bridgehead atoms. The molecule has 0 fully saturated rings. The summed E-state index contributed by atoms with van der Waals surface area (Å²) in [4.78, 5) is 23.2. The number of benzene rings is 1. The number of nitrogens with two attached hydrogens (primary N) is 1. The average Bonchev–Trinajstić information content (AvgIpc) is 2.45. The van der Waals surface area contributed by atoms with Crippen LogP contribution in [0.15, 0.2) is 24.3 Å². The summed E-state index contributed by atoms with van der Waals surface area (Å²) >= 11 is 0. The highest BCUT2D eigenvalue weighted by Crippen LogP contribution is 2.10. The fraction of sp³-hybridized carbons (Fsp3) is 0.529. The first-order valence-electron chi connectivity index (χ1n) is 7.82. The van der Waals surface area contributed by atoms with Gasteiger partial charge in [-0.3, -0.25) is 4.79 Å². The Bertz CT molecular complexity index is 534. The van der Waals surface area contributed by atoms with Crippen molar-refractivity contribution in [3.05, 3.63) is 35.6 Å². The molecule has 1 rings (SSSR count). The molecule has 0 heterocycles. The minimum Gasteiger partial charge on any atom is -0.480 e. The number of hydrogen-bond donors (Lipinski definition) is 3. The van der Waals surface area contributed by atoms with Gasteiger partial charge in [-0.2, -0.15) is 0 Å². The lowest BCUT2D eigenvalue weighted by Gasteiger charge is -2.19. The van der Waals surface area contributed by atoms with E-state index in [9.17, 15) is 19.1 Å². The van der Waals surface area contributed by atoms with Crippen LogP contribution in [0.25, 0.3) is 0 Å². The summed E-state index contributed by atoms with van der Waals surface area (Å²) in [6.45, 7) is 3.89. The lowest BCUT2D eigenvalue weighted by Crippen LogP contribution is -2.48. The lowest BCUT2D eigenvalue weighted by atomic mass is 10.0. The van der Waals surface area contributed by atoms with Gasteiger partial charge >= 0.3 is 5.97 Å². The molecule has 1 aromatic rings. The zero-order valence-electron chi connectivity index (χ0n) is 13.6. The fourth-order valence-electron chi connectivity index (χ4n) is 2.35. The third kappa shape index (κ3) is 7.23. The van der Waals surface area contributed by atoms with E-state index in [1.807, 2.05) is 13.8 Å². The van der Waals surface area contributed by atoms with Crippen molar-refractivity contribution in [3.8, 4) is 0 Å². The van der Waals surface area contributed by atoms with Crippen LogP contribution in [0.4, 0.5) is 4.39 Å². The highest BCUT2D eigenvalue weighted by Gasteiger charge is 2.23. The summed E-state index contributed by atoms with van der Waals surface area (Å²) in [5.74, 6) is -1.59. The highest BCUT2D eigenvalue weighted by atomic mass is 19.1. The predicted octanol–water partition coefficient (Wildman–Crippen LogP) is 2.09. The Kier molecular flexibility index (Phi) is 7.68. The minimum absolute atomic E-state index is 0.256. The molecule has 0 aliphatic carbocycles. The zero-order valence-corrected chi connectivity index (χ0v) is 13.6. The van der Waals surface area contributed by atoms with Crippen LogP contribution in [0.2, 0.25) is 0 Å². The van der Waals surface area contributed by atoms with E-state index in [0.29, 0.717) is 19.3 Å². The van der Waals surface area contributed by atoms with Crippen molar-refractivity contribution < 1.29 is 19.1 Å². The monoisotopic (exact) mass is 324 g/mol. The number of carboxylic acid groups (broad SMARTS) is 1. The molecule has 0 aliphatic heterocycles. The number of carbonyl (C=O) groups is 2. The van der Waals surface area contributed by atoms with E-state index in [1.165, 1.54) is 12.1 Å². The van der Waals surface area contributed by atoms with E-state index in [1.54, 1.807) is 12.1 Å². The van der Waals surface area contributed by atoms with Crippen molar-refractivity contribution in [3.63, 3.8) is 0 Å². The quantitative estimate of drug-likeness (QED) is 0.648. The topological polar surface area (TPSA) is 92.4 Å². The molecule has 1 aromatic carbocycles. The Morgan fingerprint density at radius 2 is 2.04 bits per heavy atom. The van der Waals surface area contributed by atoms with Crippen LogP contribution in [0.1, 0.15) is 38.7 Å². The first-order chi connectivity index (χ1) is 10.8. The van der Waals surface area contributed by atoms with Gasteiger partial charge in [0, 0.05) is 0 Å². The molecule has 0 spiro atoms. The molecule has 128 valence electrons. The molecule has 0 aliphatic rings. The molecule has 5 nitrogen and oxygen atoms in total. The summed E-state index contributed by atoms with van der Waals surface area (Å²) in [5.41, 5.74) is 6.56. The molecular formula is C17H25FN2O3. The second-order valence-corrected chi connectivity index (χ2v) is 6.16. The molecule has 0 saturated heterocycles. The molecule has 2 atom stereocenters. The number of hydrogen-bond acceptors (Lipinski definition) is 3. The number of amides is 1. The zero-order chi connectivity index (χ0) is 17.4. The van der Waals surface area contributed by atoms with Gasteiger partial charge in [0.1, 0.15) is 11.9 Å². The normalized spacial score (nSPS) is 13.6. The number of nitrogens with one attached hydrogen (secondary N) is 1. The second kappa shape index (κ2) is 9.25. The van der Waals surface area contributed by atoms with Gasteiger partial charge in [-0.05, 0) is 49.3 Å². The third-order valence-electron chi connectivity index (χ3n) is 3.52. The van der Waals surface area contributed by atoms with Crippen LogP contribution in [0, 0.1) is 11.7 Å². The predicted molar refractivity (Wildman–Crippen MR) is 86.3 cm³/mol. The number of rotatable bonds is 9. The van der Waals surface area contributed by atoms with Crippen LogP contribution in [0.5, 0.6) is 0 Å². The van der Waals surface area contributed by atoms with Crippen molar-refractivity contribution in [1.82, 2.24) is 5.32 Å². The molecular weight excluding hydrogens is 299 g/mol. The summed E-state index contributed by atoms with van der Waals surface area (Å²) in [7, 11) is 0. The number of aryl methyl sites for hydroxylation is 1. The van der Waals surface area contributed by atoms with Gasteiger partial charge in [0.15, 0.2) is 0 Å². The smallest absolute Gasteiger partial charge is 0.326 e. The Labute approximate surface area is 136 Å². The van der Waals surface area contributed by atoms with Crippen molar-refractivity contribution in [2.45, 2.75) is 51.6 Å². The van der Waals surface area contributed by atoms with Crippen LogP contribution in [-0.4, -0.2) is 29.1 Å². The van der Waals surface area contributed by atoms with E-state index in [2.05, 4.69) is 5.32 Å². The van der Waals surface area contributed by atoms with Gasteiger partial charge in [0.05, 0.1) is 6.04 Å². The lowest BCUT2D eigenvalue weighted by molar-refractivity contribution is -0.142. The number of carbonyl (C=O) groups excluding carboxylic acids is 1. The first kappa shape index (κ1) is 19.1. The minimum atomic E-state index is -1.09. The molecule has 1 unspecified atom stereocenters. The van der Waals surface area contributed by atoms with Crippen LogP contribution < -0.4 is 11.1 Å². The highest BCUT2D eigenvalue weighted by molar-refractivity contribution is 5.86. The Morgan fingerprint density at radius 3 is 2.61 bits per heavy atom. The van der Waals surface area contributed by atoms with Crippen molar-refractivity contribution in [2.75, 3.05) is 0 Å². The van der Waals surface area contributed by atoms with Crippen molar-refractivity contribution in [2.24, 2.45) is 11.7 Å². The molecule has 6 heteroatoms. The largest absolute Gasteiger partial charge is 0.480 e. The van der Waals surface area contributed by atoms with E-state index >= 15 is 0 Å². The third-order valence-corrected chi connectivity index (χ3v) is 3.52. The Balaban J connectivity index is 2.49. The maximum Gasteiger partial charge on any atom is 0.326 e. The van der Waals surface area contributed by atoms with Gasteiger partial charge in [-0.25, -0.2) is 9.18 Å². The van der Waals surface area contributed by atoms with E-state index in [4.69, 9.17) is 5.73 Å². The van der Waals surface area contributed by atoms with Gasteiger partial charge in [-0.1, -0.05) is 26.0 Å². The fourth-order valence-corrected chi connectivity index (χ4v) is 2.35. The van der Waals surface area contributed by atoms with Gasteiger partial charge < -0.3 is 16.2 Å². The molecule has 4 N–H and O–H groups in total. The summed E-state index contributed by atoms with van der Waals surface area (Å²) in [6.07, 6.45) is 1.85. The van der Waals surface area contributed by atoms with Crippen LogP contribution >= 0.6 is 0 Å². The summed E-state index contributed by atoms with van der Waals surface area (Å²) < 4.78 is 13.1. The average molecular weight is 324 g/mol. The van der Waals surface area contributed by atoms with Crippen molar-refractivity contribution >= 4 is 11.9 Å². The SMILES string of the molecule is CC(C)C[C@H](N)C(=O)NC(CCCc1cccc(F)c1)C(=O)O. The molecule has 1 amide bonds. The Morgan fingerprint density at radius 1 is 1.35 bits per heavy atom. The maximum atomic E-state index is 13.1.